The number of ether oxygens (including phenoxy) is 1. The molecule has 82 valence electrons. The number of nitrogens with zero attached hydrogens (tertiary/aromatic N) is 2. The summed E-state index contributed by atoms with van der Waals surface area (Å²) in [4.78, 5) is 17.4. The number of amides is 1. The number of thiazole rings is 1. The fourth-order valence-electron chi connectivity index (χ4n) is 1.55. The fraction of sp³-hybridized carbons (Fsp3) is 0.556. The van der Waals surface area contributed by atoms with E-state index in [1.807, 2.05) is 6.92 Å². The molecule has 0 aliphatic carbocycles. The van der Waals surface area contributed by atoms with Crippen LogP contribution in [0.2, 0.25) is 4.47 Å². The van der Waals surface area contributed by atoms with Crippen molar-refractivity contribution in [2.24, 2.45) is 0 Å². The van der Waals surface area contributed by atoms with Crippen molar-refractivity contribution in [3.8, 4) is 0 Å². The van der Waals surface area contributed by atoms with Gasteiger partial charge in [-0.05, 0) is 6.92 Å². The Bertz CT molecular complexity index is 387. The van der Waals surface area contributed by atoms with Gasteiger partial charge < -0.3 is 9.64 Å². The predicted molar refractivity (Wildman–Crippen MR) is 58.4 cm³/mol. The number of carbonyl (C=O) groups is 1. The minimum Gasteiger partial charge on any atom is -0.375 e. The molecule has 1 aromatic rings. The quantitative estimate of drug-likeness (QED) is 0.797. The van der Waals surface area contributed by atoms with Crippen molar-refractivity contribution in [3.05, 3.63) is 15.5 Å². The maximum atomic E-state index is 11.8. The number of hydrogen-bond acceptors (Lipinski definition) is 4. The smallest absolute Gasteiger partial charge is 0.273 e. The molecule has 0 aromatic carbocycles. The van der Waals surface area contributed by atoms with Crippen molar-refractivity contribution >= 4 is 28.8 Å². The van der Waals surface area contributed by atoms with Crippen LogP contribution in [0.4, 0.5) is 0 Å². The highest BCUT2D eigenvalue weighted by molar-refractivity contribution is 7.14. The van der Waals surface area contributed by atoms with E-state index in [4.69, 9.17) is 16.3 Å². The minimum atomic E-state index is -0.199. The van der Waals surface area contributed by atoms with Crippen LogP contribution >= 0.6 is 22.9 Å². The lowest BCUT2D eigenvalue weighted by molar-refractivity contribution is -0.0948. The molecule has 0 atom stereocenters. The lowest BCUT2D eigenvalue weighted by Crippen LogP contribution is -2.62. The van der Waals surface area contributed by atoms with Crippen LogP contribution in [0.3, 0.4) is 0 Å². The number of carbonyl (C=O) groups excluding carboxylic acids is 1. The van der Waals surface area contributed by atoms with Gasteiger partial charge in [0.1, 0.15) is 11.3 Å². The lowest BCUT2D eigenvalue weighted by Gasteiger charge is -2.46. The molecule has 6 heteroatoms. The molecule has 0 saturated carbocycles. The topological polar surface area (TPSA) is 42.4 Å². The summed E-state index contributed by atoms with van der Waals surface area (Å²) in [6, 6.07) is 0. The van der Waals surface area contributed by atoms with Crippen LogP contribution in [-0.2, 0) is 4.74 Å². The van der Waals surface area contributed by atoms with E-state index in [1.165, 1.54) is 11.3 Å². The fourth-order valence-corrected chi connectivity index (χ4v) is 2.28. The summed E-state index contributed by atoms with van der Waals surface area (Å²) < 4.78 is 5.65. The maximum absolute atomic E-state index is 11.8. The van der Waals surface area contributed by atoms with Gasteiger partial charge in [-0.15, -0.1) is 11.3 Å². The molecule has 1 fully saturated rings. The Morgan fingerprint density at radius 1 is 1.73 bits per heavy atom. The van der Waals surface area contributed by atoms with Gasteiger partial charge >= 0.3 is 0 Å². The van der Waals surface area contributed by atoms with Crippen LogP contribution in [0.1, 0.15) is 17.4 Å². The number of methoxy groups -OCH3 is 1. The lowest BCUT2D eigenvalue weighted by atomic mass is 9.96. The number of hydrogen-bond donors (Lipinski definition) is 0. The van der Waals surface area contributed by atoms with Gasteiger partial charge in [0.05, 0.1) is 13.1 Å². The summed E-state index contributed by atoms with van der Waals surface area (Å²) >= 11 is 6.93. The van der Waals surface area contributed by atoms with Gasteiger partial charge in [-0.1, -0.05) is 11.6 Å². The van der Waals surface area contributed by atoms with Gasteiger partial charge in [0.15, 0.2) is 4.47 Å². The molecule has 1 aromatic heterocycles. The van der Waals surface area contributed by atoms with Crippen molar-refractivity contribution in [2.75, 3.05) is 20.2 Å². The Balaban J connectivity index is 2.00. The molecule has 1 aliphatic heterocycles. The summed E-state index contributed by atoms with van der Waals surface area (Å²) in [5, 5.41) is 1.67. The molecule has 1 saturated heterocycles. The van der Waals surface area contributed by atoms with Gasteiger partial charge in [-0.2, -0.15) is 0 Å². The van der Waals surface area contributed by atoms with Crippen LogP contribution in [0.15, 0.2) is 5.38 Å². The van der Waals surface area contributed by atoms with E-state index in [-0.39, 0.29) is 11.5 Å². The zero-order valence-electron chi connectivity index (χ0n) is 8.49. The second kappa shape index (κ2) is 3.73. The van der Waals surface area contributed by atoms with E-state index in [0.29, 0.717) is 23.3 Å². The van der Waals surface area contributed by atoms with Crippen LogP contribution in [0.5, 0.6) is 0 Å². The van der Waals surface area contributed by atoms with Crippen LogP contribution in [-0.4, -0.2) is 41.6 Å². The summed E-state index contributed by atoms with van der Waals surface area (Å²) in [5.41, 5.74) is 0.221. The summed E-state index contributed by atoms with van der Waals surface area (Å²) in [5.74, 6) is -0.0762. The van der Waals surface area contributed by atoms with Crippen molar-refractivity contribution < 1.29 is 9.53 Å². The molecule has 1 amide bonds. The molecule has 0 N–H and O–H groups in total. The number of rotatable bonds is 2. The average molecular weight is 247 g/mol. The normalized spacial score (nSPS) is 18.7. The number of aromatic nitrogens is 1. The Morgan fingerprint density at radius 3 is 2.87 bits per heavy atom. The monoisotopic (exact) mass is 246 g/mol. The van der Waals surface area contributed by atoms with Crippen LogP contribution < -0.4 is 0 Å². The van der Waals surface area contributed by atoms with Crippen LogP contribution in [0.25, 0.3) is 0 Å². The number of likely N-dealkylation sites (tertiary alicyclic amines) is 1. The zero-order chi connectivity index (χ0) is 11.1. The highest BCUT2D eigenvalue weighted by Crippen LogP contribution is 2.26. The maximum Gasteiger partial charge on any atom is 0.273 e. The van der Waals surface area contributed by atoms with E-state index < -0.39 is 0 Å². The molecule has 15 heavy (non-hydrogen) atoms. The number of halogens is 1. The SMILES string of the molecule is COC1(C)CN(C(=O)c2csc(Cl)n2)C1. The summed E-state index contributed by atoms with van der Waals surface area (Å²) in [7, 11) is 1.65. The first-order valence-electron chi connectivity index (χ1n) is 4.49. The van der Waals surface area contributed by atoms with Crippen molar-refractivity contribution in [3.63, 3.8) is 0 Å². The largest absolute Gasteiger partial charge is 0.375 e. The van der Waals surface area contributed by atoms with Gasteiger partial charge in [-0.3, -0.25) is 4.79 Å². The first-order valence-corrected chi connectivity index (χ1v) is 5.75. The van der Waals surface area contributed by atoms with E-state index in [9.17, 15) is 4.79 Å². The van der Waals surface area contributed by atoms with E-state index in [1.54, 1.807) is 17.4 Å². The second-order valence-corrected chi connectivity index (χ2v) is 5.24. The van der Waals surface area contributed by atoms with E-state index in [2.05, 4.69) is 4.98 Å². The van der Waals surface area contributed by atoms with Crippen molar-refractivity contribution in [1.82, 2.24) is 9.88 Å². The Kier molecular flexibility index (Phi) is 2.70. The van der Waals surface area contributed by atoms with Gasteiger partial charge in [0, 0.05) is 12.5 Å². The molecule has 0 unspecified atom stereocenters. The summed E-state index contributed by atoms with van der Waals surface area (Å²) in [6.07, 6.45) is 0. The minimum absolute atomic E-state index is 0.0762. The Labute approximate surface area is 96.8 Å². The zero-order valence-corrected chi connectivity index (χ0v) is 10.1. The standard InChI is InChI=1S/C9H11ClN2O2S/c1-9(14-2)4-12(5-9)7(13)6-3-15-8(10)11-6/h3H,4-5H2,1-2H3. The molecule has 2 heterocycles. The third-order valence-corrected chi connectivity index (χ3v) is 3.50. The highest BCUT2D eigenvalue weighted by Gasteiger charge is 2.42. The molecular weight excluding hydrogens is 236 g/mol. The molecule has 2 rings (SSSR count). The third-order valence-electron chi connectivity index (χ3n) is 2.53. The highest BCUT2D eigenvalue weighted by atomic mass is 35.5. The Hall–Kier alpha value is -0.650. The molecule has 0 bridgehead atoms. The van der Waals surface area contributed by atoms with Crippen molar-refractivity contribution in [2.45, 2.75) is 12.5 Å². The first-order chi connectivity index (χ1) is 7.04. The van der Waals surface area contributed by atoms with Gasteiger partial charge in [0.2, 0.25) is 0 Å². The van der Waals surface area contributed by atoms with Gasteiger partial charge in [0.25, 0.3) is 5.91 Å². The molecule has 0 spiro atoms. The Morgan fingerprint density at radius 2 is 2.40 bits per heavy atom. The average Bonchev–Trinajstić information content (AvgIpc) is 2.59. The molecule has 4 nitrogen and oxygen atoms in total. The molecular formula is C9H11ClN2O2S. The van der Waals surface area contributed by atoms with E-state index in [0.717, 1.165) is 0 Å². The molecule has 0 radical (unpaired) electrons. The van der Waals surface area contributed by atoms with Crippen molar-refractivity contribution in [1.29, 1.82) is 0 Å². The second-order valence-electron chi connectivity index (χ2n) is 3.80. The van der Waals surface area contributed by atoms with Gasteiger partial charge in [-0.25, -0.2) is 4.98 Å². The van der Waals surface area contributed by atoms with Crippen LogP contribution in [0, 0.1) is 0 Å². The molecule has 1 aliphatic rings. The van der Waals surface area contributed by atoms with E-state index >= 15 is 0 Å². The summed E-state index contributed by atoms with van der Waals surface area (Å²) in [6.45, 7) is 3.19. The predicted octanol–water partition coefficient (Wildman–Crippen LogP) is 1.66. The third kappa shape index (κ3) is 2.00. The first kappa shape index (κ1) is 10.9.